The molecule has 1 saturated heterocycles. The summed E-state index contributed by atoms with van der Waals surface area (Å²) in [5, 5.41) is 3.57. The maximum absolute atomic E-state index is 12.5. The highest BCUT2D eigenvalue weighted by Gasteiger charge is 2.16. The monoisotopic (exact) mass is 358 g/mol. The number of nitrogens with one attached hydrogen (secondary N) is 1. The predicted octanol–water partition coefficient (Wildman–Crippen LogP) is 4.98. The summed E-state index contributed by atoms with van der Waals surface area (Å²) >= 11 is 6.41. The van der Waals surface area contributed by atoms with Crippen LogP contribution in [0.4, 0.5) is 11.4 Å². The zero-order valence-corrected chi connectivity index (χ0v) is 15.2. The number of benzene rings is 2. The van der Waals surface area contributed by atoms with Gasteiger partial charge in [0.05, 0.1) is 17.3 Å². The number of carbonyl (C=O) groups excluding carboxylic acids is 1. The van der Waals surface area contributed by atoms with Gasteiger partial charge in [-0.3, -0.25) is 4.79 Å². The SMILES string of the molecule is CCCOc1cccc(C(=O)Nc2ccc(N3CCCC3)c(Cl)c2)c1. The van der Waals surface area contributed by atoms with Gasteiger partial charge in [-0.15, -0.1) is 0 Å². The van der Waals surface area contributed by atoms with E-state index in [2.05, 4.69) is 10.2 Å². The van der Waals surface area contributed by atoms with Gasteiger partial charge in [-0.25, -0.2) is 0 Å². The molecule has 1 amide bonds. The molecule has 0 atom stereocenters. The van der Waals surface area contributed by atoms with E-state index in [1.54, 1.807) is 12.1 Å². The van der Waals surface area contributed by atoms with Crippen LogP contribution in [0.15, 0.2) is 42.5 Å². The second-order valence-electron chi connectivity index (χ2n) is 6.19. The smallest absolute Gasteiger partial charge is 0.255 e. The van der Waals surface area contributed by atoms with Crippen molar-refractivity contribution in [2.24, 2.45) is 0 Å². The van der Waals surface area contributed by atoms with Crippen LogP contribution in [0.3, 0.4) is 0 Å². The van der Waals surface area contributed by atoms with Gasteiger partial charge in [0.25, 0.3) is 5.91 Å². The summed E-state index contributed by atoms with van der Waals surface area (Å²) in [4.78, 5) is 14.8. The molecule has 0 spiro atoms. The maximum atomic E-state index is 12.5. The zero-order valence-electron chi connectivity index (χ0n) is 14.4. The highest BCUT2D eigenvalue weighted by atomic mass is 35.5. The van der Waals surface area contributed by atoms with Crippen LogP contribution in [-0.2, 0) is 0 Å². The van der Waals surface area contributed by atoms with Crippen molar-refractivity contribution in [2.75, 3.05) is 29.9 Å². The molecule has 0 unspecified atom stereocenters. The third-order valence-electron chi connectivity index (χ3n) is 4.22. The highest BCUT2D eigenvalue weighted by molar-refractivity contribution is 6.33. The lowest BCUT2D eigenvalue weighted by molar-refractivity contribution is 0.102. The van der Waals surface area contributed by atoms with Crippen LogP contribution in [-0.4, -0.2) is 25.6 Å². The van der Waals surface area contributed by atoms with Gasteiger partial charge in [0.15, 0.2) is 0 Å². The van der Waals surface area contributed by atoms with Crippen molar-refractivity contribution in [1.82, 2.24) is 0 Å². The van der Waals surface area contributed by atoms with Crippen molar-refractivity contribution in [3.8, 4) is 5.75 Å². The fraction of sp³-hybridized carbons (Fsp3) is 0.350. The number of nitrogens with zero attached hydrogens (tertiary/aromatic N) is 1. The molecule has 0 bridgehead atoms. The summed E-state index contributed by atoms with van der Waals surface area (Å²) in [7, 11) is 0. The fourth-order valence-electron chi connectivity index (χ4n) is 2.95. The second-order valence-corrected chi connectivity index (χ2v) is 6.60. The van der Waals surface area contributed by atoms with E-state index in [-0.39, 0.29) is 5.91 Å². The van der Waals surface area contributed by atoms with Gasteiger partial charge in [-0.1, -0.05) is 24.6 Å². The Kier molecular flexibility index (Phi) is 5.82. The minimum absolute atomic E-state index is 0.174. The number of rotatable bonds is 6. The van der Waals surface area contributed by atoms with Crippen molar-refractivity contribution >= 4 is 28.9 Å². The highest BCUT2D eigenvalue weighted by Crippen LogP contribution is 2.31. The quantitative estimate of drug-likeness (QED) is 0.791. The van der Waals surface area contributed by atoms with Gasteiger partial charge in [-0.05, 0) is 55.7 Å². The van der Waals surface area contributed by atoms with E-state index in [1.807, 2.05) is 37.3 Å². The Morgan fingerprint density at radius 3 is 2.72 bits per heavy atom. The minimum Gasteiger partial charge on any atom is -0.494 e. The largest absolute Gasteiger partial charge is 0.494 e. The van der Waals surface area contributed by atoms with E-state index in [0.29, 0.717) is 28.6 Å². The molecule has 0 aromatic heterocycles. The number of hydrogen-bond donors (Lipinski definition) is 1. The van der Waals surface area contributed by atoms with Gasteiger partial charge >= 0.3 is 0 Å². The fourth-order valence-corrected chi connectivity index (χ4v) is 3.25. The Morgan fingerprint density at radius 1 is 1.20 bits per heavy atom. The first-order valence-corrected chi connectivity index (χ1v) is 9.14. The van der Waals surface area contributed by atoms with E-state index < -0.39 is 0 Å². The summed E-state index contributed by atoms with van der Waals surface area (Å²) in [6.45, 7) is 4.76. The molecule has 1 aliphatic heterocycles. The molecule has 1 fully saturated rings. The molecule has 1 N–H and O–H groups in total. The van der Waals surface area contributed by atoms with Crippen LogP contribution < -0.4 is 15.0 Å². The Balaban J connectivity index is 1.69. The average Bonchev–Trinajstić information content (AvgIpc) is 3.14. The first-order chi connectivity index (χ1) is 12.2. The molecule has 1 aliphatic rings. The van der Waals surface area contributed by atoms with Crippen LogP contribution in [0.25, 0.3) is 0 Å². The molecule has 2 aromatic rings. The van der Waals surface area contributed by atoms with Crippen molar-refractivity contribution in [3.63, 3.8) is 0 Å². The summed E-state index contributed by atoms with van der Waals surface area (Å²) in [6.07, 6.45) is 3.33. The third-order valence-corrected chi connectivity index (χ3v) is 4.52. The lowest BCUT2D eigenvalue weighted by Gasteiger charge is -2.19. The van der Waals surface area contributed by atoms with Crippen molar-refractivity contribution in [3.05, 3.63) is 53.1 Å². The molecule has 5 heteroatoms. The number of anilines is 2. The summed E-state index contributed by atoms with van der Waals surface area (Å²) in [5.74, 6) is 0.531. The van der Waals surface area contributed by atoms with Gasteiger partial charge in [0, 0.05) is 24.3 Å². The van der Waals surface area contributed by atoms with Crippen LogP contribution in [0, 0.1) is 0 Å². The summed E-state index contributed by atoms with van der Waals surface area (Å²) in [6, 6.07) is 12.9. The molecule has 4 nitrogen and oxygen atoms in total. The molecule has 132 valence electrons. The van der Waals surface area contributed by atoms with Gasteiger partial charge in [0.1, 0.15) is 5.75 Å². The van der Waals surface area contributed by atoms with E-state index in [0.717, 1.165) is 25.2 Å². The Hall–Kier alpha value is -2.20. The second kappa shape index (κ2) is 8.26. The van der Waals surface area contributed by atoms with Crippen molar-refractivity contribution in [2.45, 2.75) is 26.2 Å². The summed E-state index contributed by atoms with van der Waals surface area (Å²) in [5.41, 5.74) is 2.29. The van der Waals surface area contributed by atoms with Gasteiger partial charge in [-0.2, -0.15) is 0 Å². The first kappa shape index (κ1) is 17.6. The first-order valence-electron chi connectivity index (χ1n) is 8.76. The van der Waals surface area contributed by atoms with Crippen molar-refractivity contribution < 1.29 is 9.53 Å². The number of ether oxygens (including phenoxy) is 1. The molecule has 1 heterocycles. The van der Waals surface area contributed by atoms with E-state index in [4.69, 9.17) is 16.3 Å². The topological polar surface area (TPSA) is 41.6 Å². The predicted molar refractivity (Wildman–Crippen MR) is 103 cm³/mol. The van der Waals surface area contributed by atoms with Crippen LogP contribution in [0.2, 0.25) is 5.02 Å². The normalized spacial score (nSPS) is 13.8. The zero-order chi connectivity index (χ0) is 17.6. The molecule has 25 heavy (non-hydrogen) atoms. The number of halogens is 1. The van der Waals surface area contributed by atoms with Gasteiger partial charge in [0.2, 0.25) is 0 Å². The molecule has 3 rings (SSSR count). The molecule has 0 radical (unpaired) electrons. The standard InChI is InChI=1S/C20H23ClN2O2/c1-2-12-25-17-7-5-6-15(13-17)20(24)22-16-8-9-19(18(21)14-16)23-10-3-4-11-23/h5-9,13-14H,2-4,10-12H2,1H3,(H,22,24). The van der Waals surface area contributed by atoms with Gasteiger partial charge < -0.3 is 15.0 Å². The Labute approximate surface area is 153 Å². The lowest BCUT2D eigenvalue weighted by atomic mass is 10.2. The van der Waals surface area contributed by atoms with E-state index in [1.165, 1.54) is 12.8 Å². The molecular weight excluding hydrogens is 336 g/mol. The molecular formula is C20H23ClN2O2. The number of amides is 1. The number of carbonyl (C=O) groups is 1. The van der Waals surface area contributed by atoms with Crippen LogP contribution in [0.1, 0.15) is 36.5 Å². The van der Waals surface area contributed by atoms with Crippen molar-refractivity contribution in [1.29, 1.82) is 0 Å². The van der Waals surface area contributed by atoms with Crippen LogP contribution >= 0.6 is 11.6 Å². The van der Waals surface area contributed by atoms with E-state index in [9.17, 15) is 4.79 Å². The molecule has 0 saturated carbocycles. The lowest BCUT2D eigenvalue weighted by Crippen LogP contribution is -2.18. The average molecular weight is 359 g/mol. The third kappa shape index (κ3) is 4.45. The van der Waals surface area contributed by atoms with Crippen LogP contribution in [0.5, 0.6) is 5.75 Å². The summed E-state index contributed by atoms with van der Waals surface area (Å²) < 4.78 is 5.58. The minimum atomic E-state index is -0.174. The molecule has 2 aromatic carbocycles. The Morgan fingerprint density at radius 2 is 2.00 bits per heavy atom. The Bertz CT molecular complexity index is 742. The van der Waals surface area contributed by atoms with E-state index >= 15 is 0 Å². The number of hydrogen-bond acceptors (Lipinski definition) is 3. The maximum Gasteiger partial charge on any atom is 0.255 e. The molecule has 0 aliphatic carbocycles.